The number of aryl methyl sites for hydroxylation is 1. The molecule has 0 saturated carbocycles. The number of aromatic amines is 1. The molecule has 4 rings (SSSR count). The van der Waals surface area contributed by atoms with E-state index in [-0.39, 0.29) is 5.75 Å². The minimum absolute atomic E-state index is 0.201. The van der Waals surface area contributed by atoms with Gasteiger partial charge >= 0.3 is 0 Å². The zero-order chi connectivity index (χ0) is 18.1. The van der Waals surface area contributed by atoms with Gasteiger partial charge in [0.15, 0.2) is 11.6 Å². The molecule has 2 heterocycles. The second-order valence-corrected chi connectivity index (χ2v) is 5.91. The van der Waals surface area contributed by atoms with Crippen molar-refractivity contribution < 1.29 is 9.13 Å². The normalized spacial score (nSPS) is 10.9. The largest absolute Gasteiger partial charge is 0.494 e. The van der Waals surface area contributed by atoms with Crippen LogP contribution in [0.1, 0.15) is 5.56 Å². The number of rotatable bonds is 4. The third kappa shape index (κ3) is 2.75. The highest BCUT2D eigenvalue weighted by Crippen LogP contribution is 2.32. The van der Waals surface area contributed by atoms with Crippen LogP contribution < -0.4 is 4.74 Å². The maximum Gasteiger partial charge on any atom is 0.165 e. The zero-order valence-electron chi connectivity index (χ0n) is 14.4. The molecule has 0 atom stereocenters. The van der Waals surface area contributed by atoms with E-state index in [0.29, 0.717) is 17.1 Å². The lowest BCUT2D eigenvalue weighted by molar-refractivity contribution is 0.386. The number of halogens is 1. The second kappa shape index (κ2) is 6.48. The highest BCUT2D eigenvalue weighted by Gasteiger charge is 2.17. The van der Waals surface area contributed by atoms with Crippen LogP contribution >= 0.6 is 0 Å². The summed E-state index contributed by atoms with van der Waals surface area (Å²) in [6, 6.07) is 12.8. The lowest BCUT2D eigenvalue weighted by Crippen LogP contribution is -1.97. The Hall–Kier alpha value is -3.41. The number of nitrogens with one attached hydrogen (secondary N) is 1. The standard InChI is InChI=1S/C20H17FN4O/c1-13-5-3-4-6-17(13)25-12-15(20-22-9-10-23-20)19(24-25)14-7-8-18(26-2)16(21)11-14/h3-12H,1-2H3,(H,22,23). The Morgan fingerprint density at radius 2 is 2.00 bits per heavy atom. The van der Waals surface area contributed by atoms with E-state index in [0.717, 1.165) is 16.8 Å². The maximum absolute atomic E-state index is 14.2. The third-order valence-electron chi connectivity index (χ3n) is 4.26. The molecule has 0 aliphatic carbocycles. The van der Waals surface area contributed by atoms with E-state index in [1.807, 2.05) is 37.4 Å². The number of aromatic nitrogens is 4. The van der Waals surface area contributed by atoms with Gasteiger partial charge in [0, 0.05) is 24.2 Å². The molecule has 4 aromatic rings. The molecule has 0 fully saturated rings. The highest BCUT2D eigenvalue weighted by molar-refractivity contribution is 5.78. The maximum atomic E-state index is 14.2. The number of hydrogen-bond acceptors (Lipinski definition) is 3. The summed E-state index contributed by atoms with van der Waals surface area (Å²) in [7, 11) is 1.44. The molecular formula is C20H17FN4O. The number of hydrogen-bond donors (Lipinski definition) is 1. The Bertz CT molecular complexity index is 1050. The Balaban J connectivity index is 1.91. The van der Waals surface area contributed by atoms with Crippen LogP contribution in [0.15, 0.2) is 61.1 Å². The topological polar surface area (TPSA) is 55.7 Å². The highest BCUT2D eigenvalue weighted by atomic mass is 19.1. The Kier molecular flexibility index (Phi) is 4.01. The number of imidazole rings is 1. The number of methoxy groups -OCH3 is 1. The van der Waals surface area contributed by atoms with Crippen LogP contribution in [-0.4, -0.2) is 26.9 Å². The predicted octanol–water partition coefficient (Wildman–Crippen LogP) is 4.39. The molecule has 0 aliphatic heterocycles. The van der Waals surface area contributed by atoms with E-state index in [4.69, 9.17) is 9.84 Å². The molecule has 0 spiro atoms. The average Bonchev–Trinajstić information content (AvgIpc) is 3.31. The van der Waals surface area contributed by atoms with Crippen molar-refractivity contribution >= 4 is 0 Å². The molecule has 2 aromatic carbocycles. The Labute approximate surface area is 150 Å². The minimum atomic E-state index is -0.430. The van der Waals surface area contributed by atoms with Crippen LogP contribution in [-0.2, 0) is 0 Å². The summed E-state index contributed by atoms with van der Waals surface area (Å²) < 4.78 is 21.0. The summed E-state index contributed by atoms with van der Waals surface area (Å²) in [5.74, 6) is 0.448. The Morgan fingerprint density at radius 3 is 2.69 bits per heavy atom. The van der Waals surface area contributed by atoms with Gasteiger partial charge in [0.05, 0.1) is 18.4 Å². The van der Waals surface area contributed by atoms with E-state index in [1.54, 1.807) is 29.2 Å². The molecule has 26 heavy (non-hydrogen) atoms. The van der Waals surface area contributed by atoms with E-state index < -0.39 is 5.82 Å². The van der Waals surface area contributed by atoms with Crippen LogP contribution in [0.3, 0.4) is 0 Å². The van der Waals surface area contributed by atoms with Gasteiger partial charge < -0.3 is 9.72 Å². The van der Waals surface area contributed by atoms with Crippen molar-refractivity contribution in [2.75, 3.05) is 7.11 Å². The van der Waals surface area contributed by atoms with Gasteiger partial charge in [0.1, 0.15) is 11.5 Å². The third-order valence-corrected chi connectivity index (χ3v) is 4.26. The molecule has 0 unspecified atom stereocenters. The molecule has 1 N–H and O–H groups in total. The first-order chi connectivity index (χ1) is 12.7. The first-order valence-electron chi connectivity index (χ1n) is 8.16. The molecule has 0 bridgehead atoms. The van der Waals surface area contributed by atoms with E-state index in [1.165, 1.54) is 13.2 Å². The van der Waals surface area contributed by atoms with Crippen molar-refractivity contribution in [1.82, 2.24) is 19.7 Å². The van der Waals surface area contributed by atoms with Crippen LogP contribution in [0, 0.1) is 12.7 Å². The minimum Gasteiger partial charge on any atom is -0.494 e. The van der Waals surface area contributed by atoms with Crippen LogP contribution in [0.5, 0.6) is 5.75 Å². The first-order valence-corrected chi connectivity index (χ1v) is 8.16. The van der Waals surface area contributed by atoms with Gasteiger partial charge in [-0.3, -0.25) is 0 Å². The molecule has 0 aliphatic rings. The van der Waals surface area contributed by atoms with Gasteiger partial charge in [-0.05, 0) is 36.8 Å². The van der Waals surface area contributed by atoms with E-state index in [9.17, 15) is 4.39 Å². The average molecular weight is 348 g/mol. The fourth-order valence-electron chi connectivity index (χ4n) is 2.93. The number of H-pyrrole nitrogens is 1. The summed E-state index contributed by atoms with van der Waals surface area (Å²) in [6.45, 7) is 2.02. The number of para-hydroxylation sites is 1. The van der Waals surface area contributed by atoms with Crippen LogP contribution in [0.4, 0.5) is 4.39 Å². The summed E-state index contributed by atoms with van der Waals surface area (Å²) in [5.41, 5.74) is 4.14. The molecule has 0 radical (unpaired) electrons. The molecule has 6 heteroatoms. The summed E-state index contributed by atoms with van der Waals surface area (Å²) in [4.78, 5) is 7.43. The van der Waals surface area contributed by atoms with Crippen molar-refractivity contribution in [1.29, 1.82) is 0 Å². The lowest BCUT2D eigenvalue weighted by atomic mass is 10.1. The summed E-state index contributed by atoms with van der Waals surface area (Å²) in [6.07, 6.45) is 5.33. The lowest BCUT2D eigenvalue weighted by Gasteiger charge is -2.05. The molecule has 130 valence electrons. The first kappa shape index (κ1) is 16.1. The fraction of sp³-hybridized carbons (Fsp3) is 0.100. The molecule has 0 saturated heterocycles. The SMILES string of the molecule is COc1ccc(-c2nn(-c3ccccc3C)cc2-c2ncc[nH]2)cc1F. The second-order valence-electron chi connectivity index (χ2n) is 5.91. The molecule has 2 aromatic heterocycles. The van der Waals surface area contributed by atoms with Gasteiger partial charge in [-0.25, -0.2) is 14.1 Å². The molecule has 0 amide bonds. The van der Waals surface area contributed by atoms with Crippen molar-refractivity contribution in [3.63, 3.8) is 0 Å². The van der Waals surface area contributed by atoms with Crippen LogP contribution in [0.2, 0.25) is 0 Å². The molecular weight excluding hydrogens is 331 g/mol. The van der Waals surface area contributed by atoms with Crippen molar-refractivity contribution in [3.8, 4) is 34.1 Å². The van der Waals surface area contributed by atoms with Gasteiger partial charge in [-0.1, -0.05) is 18.2 Å². The van der Waals surface area contributed by atoms with Crippen molar-refractivity contribution in [2.45, 2.75) is 6.92 Å². The summed E-state index contributed by atoms with van der Waals surface area (Å²) >= 11 is 0. The summed E-state index contributed by atoms with van der Waals surface area (Å²) in [5, 5.41) is 4.71. The number of nitrogens with zero attached hydrogens (tertiary/aromatic N) is 3. The smallest absolute Gasteiger partial charge is 0.165 e. The van der Waals surface area contributed by atoms with Gasteiger partial charge in [-0.2, -0.15) is 5.10 Å². The van der Waals surface area contributed by atoms with Crippen LogP contribution in [0.25, 0.3) is 28.3 Å². The zero-order valence-corrected chi connectivity index (χ0v) is 14.4. The van der Waals surface area contributed by atoms with Crippen molar-refractivity contribution in [3.05, 3.63) is 72.4 Å². The van der Waals surface area contributed by atoms with Gasteiger partial charge in [0.2, 0.25) is 0 Å². The number of benzene rings is 2. The quantitative estimate of drug-likeness (QED) is 0.595. The van der Waals surface area contributed by atoms with E-state index in [2.05, 4.69) is 9.97 Å². The molecule has 5 nitrogen and oxygen atoms in total. The monoisotopic (exact) mass is 348 g/mol. The fourth-order valence-corrected chi connectivity index (χ4v) is 2.93. The predicted molar refractivity (Wildman–Crippen MR) is 97.8 cm³/mol. The van der Waals surface area contributed by atoms with Crippen molar-refractivity contribution in [2.24, 2.45) is 0 Å². The Morgan fingerprint density at radius 1 is 1.15 bits per heavy atom. The van der Waals surface area contributed by atoms with Gasteiger partial charge in [0.25, 0.3) is 0 Å². The number of ether oxygens (including phenoxy) is 1. The van der Waals surface area contributed by atoms with E-state index >= 15 is 0 Å². The van der Waals surface area contributed by atoms with Gasteiger partial charge in [-0.15, -0.1) is 0 Å².